The lowest BCUT2D eigenvalue weighted by Gasteiger charge is -2.04. The first-order valence-electron chi connectivity index (χ1n) is 4.23. The van der Waals surface area contributed by atoms with E-state index in [9.17, 15) is 13.2 Å². The maximum atomic E-state index is 11.0. The molecule has 0 atom stereocenters. The van der Waals surface area contributed by atoms with Crippen molar-refractivity contribution in [1.29, 1.82) is 0 Å². The Morgan fingerprint density at radius 3 is 2.87 bits per heavy atom. The second kappa shape index (κ2) is 4.89. The quantitative estimate of drug-likeness (QED) is 0.587. The van der Waals surface area contributed by atoms with Crippen LogP contribution < -0.4 is 15.6 Å². The highest BCUT2D eigenvalue weighted by Crippen LogP contribution is 1.94. The third kappa shape index (κ3) is 4.09. The molecule has 7 nitrogen and oxygen atoms in total. The van der Waals surface area contributed by atoms with Crippen molar-refractivity contribution in [2.75, 3.05) is 24.7 Å². The summed E-state index contributed by atoms with van der Waals surface area (Å²) in [6, 6.07) is 1.26. The molecule has 0 saturated heterocycles. The molecule has 15 heavy (non-hydrogen) atoms. The molecule has 0 fully saturated rings. The number of rotatable bonds is 5. The molecule has 0 amide bonds. The lowest BCUT2D eigenvalue weighted by atomic mass is 10.5. The molecule has 0 spiro atoms. The Balaban J connectivity index is 2.49. The summed E-state index contributed by atoms with van der Waals surface area (Å²) >= 11 is 0. The van der Waals surface area contributed by atoms with Crippen molar-refractivity contribution in [2.24, 2.45) is 0 Å². The van der Waals surface area contributed by atoms with E-state index in [0.717, 1.165) is 0 Å². The van der Waals surface area contributed by atoms with E-state index in [1.165, 1.54) is 19.4 Å². The number of hydrogen-bond donors (Lipinski definition) is 3. The van der Waals surface area contributed by atoms with E-state index in [2.05, 4.69) is 20.0 Å². The molecule has 0 aliphatic rings. The third-order valence-corrected chi connectivity index (χ3v) is 3.03. The van der Waals surface area contributed by atoms with Gasteiger partial charge < -0.3 is 10.3 Å². The van der Waals surface area contributed by atoms with Crippen molar-refractivity contribution in [3.63, 3.8) is 0 Å². The summed E-state index contributed by atoms with van der Waals surface area (Å²) in [5.41, 5.74) is -0.288. The summed E-state index contributed by atoms with van der Waals surface area (Å²) in [7, 11) is -1.88. The SMILES string of the molecule is CNS(=O)(=O)CCNc1cc(=O)[nH]cn1. The molecule has 84 valence electrons. The van der Waals surface area contributed by atoms with Gasteiger partial charge in [0.25, 0.3) is 5.56 Å². The standard InChI is InChI=1S/C7H12N4O3S/c1-8-15(13,14)3-2-9-6-4-7(12)11-5-10-6/h4-5,8H,2-3H2,1H3,(H2,9,10,11,12). The van der Waals surface area contributed by atoms with Crippen molar-refractivity contribution < 1.29 is 8.42 Å². The fraction of sp³-hybridized carbons (Fsp3) is 0.429. The molecular weight excluding hydrogens is 220 g/mol. The molecule has 1 aromatic rings. The molecular formula is C7H12N4O3S. The van der Waals surface area contributed by atoms with Crippen LogP contribution in [0, 0.1) is 0 Å². The zero-order chi connectivity index (χ0) is 11.3. The van der Waals surface area contributed by atoms with Gasteiger partial charge in [-0.05, 0) is 7.05 Å². The van der Waals surface area contributed by atoms with Crippen LogP contribution in [0.1, 0.15) is 0 Å². The first kappa shape index (κ1) is 11.7. The van der Waals surface area contributed by atoms with Gasteiger partial charge in [0.1, 0.15) is 5.82 Å². The smallest absolute Gasteiger partial charge is 0.252 e. The fourth-order valence-electron chi connectivity index (χ4n) is 0.881. The number of sulfonamides is 1. The zero-order valence-corrected chi connectivity index (χ0v) is 8.97. The minimum atomic E-state index is -3.23. The van der Waals surface area contributed by atoms with E-state index in [1.54, 1.807) is 0 Å². The highest BCUT2D eigenvalue weighted by atomic mass is 32.2. The van der Waals surface area contributed by atoms with E-state index in [4.69, 9.17) is 0 Å². The van der Waals surface area contributed by atoms with Gasteiger partial charge >= 0.3 is 0 Å². The predicted octanol–water partition coefficient (Wildman–Crippen LogP) is -1.27. The molecule has 1 heterocycles. The van der Waals surface area contributed by atoms with Crippen LogP contribution in [-0.4, -0.2) is 37.7 Å². The number of H-pyrrole nitrogens is 1. The zero-order valence-electron chi connectivity index (χ0n) is 8.15. The minimum absolute atomic E-state index is 0.0714. The van der Waals surface area contributed by atoms with Crippen LogP contribution in [0.3, 0.4) is 0 Å². The van der Waals surface area contributed by atoms with Gasteiger partial charge in [0.15, 0.2) is 0 Å². The number of aromatic amines is 1. The lowest BCUT2D eigenvalue weighted by molar-refractivity contribution is 0.588. The highest BCUT2D eigenvalue weighted by molar-refractivity contribution is 7.89. The van der Waals surface area contributed by atoms with Gasteiger partial charge in [-0.2, -0.15) is 0 Å². The largest absolute Gasteiger partial charge is 0.369 e. The molecule has 0 aliphatic heterocycles. The lowest BCUT2D eigenvalue weighted by Crippen LogP contribution is -2.26. The molecule has 8 heteroatoms. The van der Waals surface area contributed by atoms with Crippen LogP contribution in [0.25, 0.3) is 0 Å². The van der Waals surface area contributed by atoms with E-state index in [-0.39, 0.29) is 17.9 Å². The molecule has 0 bridgehead atoms. The Morgan fingerprint density at radius 1 is 1.53 bits per heavy atom. The Labute approximate surface area is 87.0 Å². The molecule has 3 N–H and O–H groups in total. The topological polar surface area (TPSA) is 104 Å². The summed E-state index contributed by atoms with van der Waals surface area (Å²) in [5, 5.41) is 2.73. The summed E-state index contributed by atoms with van der Waals surface area (Å²) in [5.74, 6) is 0.280. The second-order valence-corrected chi connectivity index (χ2v) is 4.79. The van der Waals surface area contributed by atoms with Gasteiger partial charge in [-0.15, -0.1) is 0 Å². The van der Waals surface area contributed by atoms with E-state index in [1.807, 2.05) is 0 Å². The molecule has 0 radical (unpaired) electrons. The molecule has 0 aromatic carbocycles. The van der Waals surface area contributed by atoms with E-state index < -0.39 is 10.0 Å². The fourth-order valence-corrected chi connectivity index (χ4v) is 1.46. The van der Waals surface area contributed by atoms with Gasteiger partial charge in [-0.25, -0.2) is 18.1 Å². The Kier molecular flexibility index (Phi) is 3.81. The monoisotopic (exact) mass is 232 g/mol. The Hall–Kier alpha value is -1.41. The molecule has 1 rings (SSSR count). The number of anilines is 1. The highest BCUT2D eigenvalue weighted by Gasteiger charge is 2.05. The van der Waals surface area contributed by atoms with E-state index in [0.29, 0.717) is 5.82 Å². The number of nitrogens with zero attached hydrogens (tertiary/aromatic N) is 1. The van der Waals surface area contributed by atoms with Crippen LogP contribution in [0.5, 0.6) is 0 Å². The minimum Gasteiger partial charge on any atom is -0.369 e. The Morgan fingerprint density at radius 2 is 2.27 bits per heavy atom. The number of hydrogen-bond acceptors (Lipinski definition) is 5. The third-order valence-electron chi connectivity index (χ3n) is 1.67. The molecule has 1 aromatic heterocycles. The van der Waals surface area contributed by atoms with Gasteiger partial charge in [-0.3, -0.25) is 4.79 Å². The van der Waals surface area contributed by atoms with Gasteiger partial charge in [-0.1, -0.05) is 0 Å². The normalized spacial score (nSPS) is 11.3. The summed E-state index contributed by atoms with van der Waals surface area (Å²) < 4.78 is 24.2. The Bertz CT molecular complexity index is 467. The van der Waals surface area contributed by atoms with Crippen molar-refractivity contribution >= 4 is 15.8 Å². The van der Waals surface area contributed by atoms with Crippen LogP contribution in [0.2, 0.25) is 0 Å². The molecule has 0 unspecified atom stereocenters. The summed E-state index contributed by atoms with van der Waals surface area (Å²) in [4.78, 5) is 17.0. The number of aromatic nitrogens is 2. The maximum absolute atomic E-state index is 11.0. The maximum Gasteiger partial charge on any atom is 0.252 e. The van der Waals surface area contributed by atoms with Crippen LogP contribution >= 0.6 is 0 Å². The van der Waals surface area contributed by atoms with Crippen LogP contribution in [0.15, 0.2) is 17.2 Å². The van der Waals surface area contributed by atoms with Gasteiger partial charge in [0, 0.05) is 12.6 Å². The average molecular weight is 232 g/mol. The van der Waals surface area contributed by atoms with Crippen molar-refractivity contribution in [3.8, 4) is 0 Å². The van der Waals surface area contributed by atoms with Crippen LogP contribution in [0.4, 0.5) is 5.82 Å². The summed E-state index contributed by atoms with van der Waals surface area (Å²) in [6.45, 7) is 0.194. The molecule has 0 saturated carbocycles. The van der Waals surface area contributed by atoms with Crippen molar-refractivity contribution in [3.05, 3.63) is 22.7 Å². The molecule has 0 aliphatic carbocycles. The summed E-state index contributed by atoms with van der Waals surface area (Å²) in [6.07, 6.45) is 1.25. The second-order valence-electron chi connectivity index (χ2n) is 2.75. The first-order chi connectivity index (χ1) is 7.03. The van der Waals surface area contributed by atoms with Gasteiger partial charge in [0.05, 0.1) is 12.1 Å². The van der Waals surface area contributed by atoms with E-state index >= 15 is 0 Å². The van der Waals surface area contributed by atoms with Crippen molar-refractivity contribution in [1.82, 2.24) is 14.7 Å². The average Bonchev–Trinajstić information content (AvgIpc) is 2.18. The van der Waals surface area contributed by atoms with Crippen molar-refractivity contribution in [2.45, 2.75) is 0 Å². The number of nitrogens with one attached hydrogen (secondary N) is 3. The predicted molar refractivity (Wildman–Crippen MR) is 56.2 cm³/mol. The van der Waals surface area contributed by atoms with Crippen LogP contribution in [-0.2, 0) is 10.0 Å². The van der Waals surface area contributed by atoms with Gasteiger partial charge in [0.2, 0.25) is 10.0 Å². The first-order valence-corrected chi connectivity index (χ1v) is 5.88.